The van der Waals surface area contributed by atoms with E-state index >= 15 is 0 Å². The zero-order chi connectivity index (χ0) is 20.8. The molecule has 146 valence electrons. The molecule has 7 nitrogen and oxygen atoms in total. The van der Waals surface area contributed by atoms with E-state index in [0.717, 1.165) is 5.56 Å². The van der Waals surface area contributed by atoms with Crippen LogP contribution in [0, 0.1) is 6.92 Å². The molecule has 0 unspecified atom stereocenters. The van der Waals surface area contributed by atoms with Crippen molar-refractivity contribution in [3.05, 3.63) is 89.2 Å². The fourth-order valence-electron chi connectivity index (χ4n) is 2.67. The molecule has 3 rings (SSSR count). The van der Waals surface area contributed by atoms with Crippen molar-refractivity contribution < 1.29 is 19.1 Å². The number of hydrogen-bond donors (Lipinski definition) is 2. The van der Waals surface area contributed by atoms with E-state index in [4.69, 9.17) is 4.74 Å². The number of para-hydroxylation sites is 2. The Balaban J connectivity index is 1.79. The van der Waals surface area contributed by atoms with Crippen LogP contribution in [0.5, 0.6) is 0 Å². The number of esters is 1. The first kappa shape index (κ1) is 19.8. The molecule has 1 aromatic heterocycles. The third-order valence-electron chi connectivity index (χ3n) is 4.24. The lowest BCUT2D eigenvalue weighted by atomic mass is 10.1. The van der Waals surface area contributed by atoms with Crippen LogP contribution < -0.4 is 10.6 Å². The summed E-state index contributed by atoms with van der Waals surface area (Å²) in [4.78, 5) is 41.0. The Bertz CT molecular complexity index is 1080. The fraction of sp³-hybridized carbons (Fsp3) is 0.0909. The summed E-state index contributed by atoms with van der Waals surface area (Å²) in [5.41, 5.74) is 2.55. The number of carbonyl (C=O) groups is 3. The Morgan fingerprint density at radius 2 is 1.38 bits per heavy atom. The first-order valence-corrected chi connectivity index (χ1v) is 8.80. The quantitative estimate of drug-likeness (QED) is 0.649. The summed E-state index contributed by atoms with van der Waals surface area (Å²) in [5.74, 6) is -1.44. The number of nitrogens with one attached hydrogen (secondary N) is 2. The molecule has 2 amide bonds. The normalized spacial score (nSPS) is 10.1. The van der Waals surface area contributed by atoms with Crippen molar-refractivity contribution in [2.45, 2.75) is 6.92 Å². The SMILES string of the molecule is COC(=O)c1ccccc1NC(=O)c1cncc(C(=O)Nc2ccccc2C)c1. The van der Waals surface area contributed by atoms with Crippen molar-refractivity contribution in [3.8, 4) is 0 Å². The van der Waals surface area contributed by atoms with Gasteiger partial charge in [0.2, 0.25) is 0 Å². The van der Waals surface area contributed by atoms with Crippen LogP contribution in [0.1, 0.15) is 36.6 Å². The fourth-order valence-corrected chi connectivity index (χ4v) is 2.67. The van der Waals surface area contributed by atoms with Crippen molar-refractivity contribution in [2.24, 2.45) is 0 Å². The van der Waals surface area contributed by atoms with E-state index in [0.29, 0.717) is 11.4 Å². The van der Waals surface area contributed by atoms with Gasteiger partial charge in [-0.25, -0.2) is 4.79 Å². The number of aryl methyl sites for hydroxylation is 1. The van der Waals surface area contributed by atoms with Crippen LogP contribution in [0.4, 0.5) is 11.4 Å². The highest BCUT2D eigenvalue weighted by Crippen LogP contribution is 2.18. The van der Waals surface area contributed by atoms with E-state index in [1.165, 1.54) is 25.6 Å². The van der Waals surface area contributed by atoms with Gasteiger partial charge >= 0.3 is 5.97 Å². The van der Waals surface area contributed by atoms with E-state index in [9.17, 15) is 14.4 Å². The molecule has 0 saturated carbocycles. The van der Waals surface area contributed by atoms with E-state index in [1.807, 2.05) is 25.1 Å². The highest BCUT2D eigenvalue weighted by atomic mass is 16.5. The zero-order valence-electron chi connectivity index (χ0n) is 15.9. The lowest BCUT2D eigenvalue weighted by Crippen LogP contribution is -2.18. The molecule has 0 aliphatic carbocycles. The van der Waals surface area contributed by atoms with Crippen LogP contribution in [-0.2, 0) is 4.74 Å². The summed E-state index contributed by atoms with van der Waals surface area (Å²) in [6, 6.07) is 15.3. The molecule has 0 fully saturated rings. The molecule has 0 aliphatic rings. The number of methoxy groups -OCH3 is 1. The Morgan fingerprint density at radius 1 is 0.828 bits per heavy atom. The van der Waals surface area contributed by atoms with Crippen LogP contribution in [0.25, 0.3) is 0 Å². The van der Waals surface area contributed by atoms with Crippen molar-refractivity contribution in [1.29, 1.82) is 0 Å². The minimum atomic E-state index is -0.564. The lowest BCUT2D eigenvalue weighted by molar-refractivity contribution is 0.0601. The van der Waals surface area contributed by atoms with Crippen molar-refractivity contribution in [2.75, 3.05) is 17.7 Å². The standard InChI is InChI=1S/C22H19N3O4/c1-14-7-3-5-9-18(14)24-20(26)15-11-16(13-23-12-15)21(27)25-19-10-6-4-8-17(19)22(28)29-2/h3-13H,1-2H3,(H,24,26)(H,25,27). The minimum Gasteiger partial charge on any atom is -0.465 e. The molecule has 1 heterocycles. The van der Waals surface area contributed by atoms with E-state index < -0.39 is 11.9 Å². The zero-order valence-corrected chi connectivity index (χ0v) is 15.9. The first-order valence-electron chi connectivity index (χ1n) is 8.80. The summed E-state index contributed by atoms with van der Waals surface area (Å²) in [5, 5.41) is 5.46. The number of nitrogens with zero attached hydrogens (tertiary/aromatic N) is 1. The van der Waals surface area contributed by atoms with Gasteiger partial charge in [-0.3, -0.25) is 14.6 Å². The first-order chi connectivity index (χ1) is 14.0. The average Bonchev–Trinajstić information content (AvgIpc) is 2.75. The molecule has 0 bridgehead atoms. The maximum Gasteiger partial charge on any atom is 0.339 e. The number of rotatable bonds is 5. The second-order valence-corrected chi connectivity index (χ2v) is 6.22. The van der Waals surface area contributed by atoms with Crippen LogP contribution in [-0.4, -0.2) is 29.9 Å². The number of carbonyl (C=O) groups excluding carboxylic acids is 3. The molecular weight excluding hydrogens is 370 g/mol. The van der Waals surface area contributed by atoms with Gasteiger partial charge in [-0.05, 0) is 36.8 Å². The van der Waals surface area contributed by atoms with Gasteiger partial charge in [-0.15, -0.1) is 0 Å². The van der Waals surface area contributed by atoms with Crippen molar-refractivity contribution >= 4 is 29.2 Å². The number of aromatic nitrogens is 1. The minimum absolute atomic E-state index is 0.183. The Labute approximate surface area is 167 Å². The monoisotopic (exact) mass is 389 g/mol. The van der Waals surface area contributed by atoms with Gasteiger partial charge in [-0.2, -0.15) is 0 Å². The second-order valence-electron chi connectivity index (χ2n) is 6.22. The second kappa shape index (κ2) is 8.79. The van der Waals surface area contributed by atoms with Crippen LogP contribution in [0.15, 0.2) is 67.0 Å². The average molecular weight is 389 g/mol. The highest BCUT2D eigenvalue weighted by molar-refractivity contribution is 6.10. The van der Waals surface area contributed by atoms with Crippen molar-refractivity contribution in [1.82, 2.24) is 4.98 Å². The Morgan fingerprint density at radius 3 is 2.00 bits per heavy atom. The van der Waals surface area contributed by atoms with E-state index in [2.05, 4.69) is 15.6 Å². The molecule has 3 aromatic rings. The molecule has 0 spiro atoms. The predicted molar refractivity (Wildman–Crippen MR) is 109 cm³/mol. The lowest BCUT2D eigenvalue weighted by Gasteiger charge is -2.11. The summed E-state index contributed by atoms with van der Waals surface area (Å²) >= 11 is 0. The van der Waals surface area contributed by atoms with Crippen LogP contribution in [0.3, 0.4) is 0 Å². The van der Waals surface area contributed by atoms with Crippen molar-refractivity contribution in [3.63, 3.8) is 0 Å². The molecule has 7 heteroatoms. The van der Waals surface area contributed by atoms with E-state index in [-0.39, 0.29) is 22.6 Å². The number of benzene rings is 2. The highest BCUT2D eigenvalue weighted by Gasteiger charge is 2.16. The van der Waals surface area contributed by atoms with Gasteiger partial charge in [0.25, 0.3) is 11.8 Å². The summed E-state index contributed by atoms with van der Waals surface area (Å²) in [6.07, 6.45) is 2.73. The molecular formula is C22H19N3O4. The van der Waals surface area contributed by atoms with Crippen LogP contribution in [0.2, 0.25) is 0 Å². The topological polar surface area (TPSA) is 97.4 Å². The largest absolute Gasteiger partial charge is 0.465 e. The molecule has 29 heavy (non-hydrogen) atoms. The smallest absolute Gasteiger partial charge is 0.339 e. The maximum absolute atomic E-state index is 12.6. The Kier molecular flexibility index (Phi) is 5.99. The molecule has 2 aromatic carbocycles. The molecule has 2 N–H and O–H groups in total. The maximum atomic E-state index is 12.6. The molecule has 0 atom stereocenters. The summed E-state index contributed by atoms with van der Waals surface area (Å²) in [6.45, 7) is 1.89. The summed E-state index contributed by atoms with van der Waals surface area (Å²) in [7, 11) is 1.27. The molecule has 0 aliphatic heterocycles. The Hall–Kier alpha value is -4.00. The van der Waals surface area contributed by atoms with Gasteiger partial charge < -0.3 is 15.4 Å². The third kappa shape index (κ3) is 4.65. The number of ether oxygens (including phenoxy) is 1. The molecule has 0 saturated heterocycles. The van der Waals surface area contributed by atoms with Crippen LogP contribution >= 0.6 is 0 Å². The van der Waals surface area contributed by atoms with Gasteiger partial charge in [0.05, 0.1) is 29.5 Å². The molecule has 0 radical (unpaired) electrons. The number of pyridine rings is 1. The number of anilines is 2. The predicted octanol–water partition coefficient (Wildman–Crippen LogP) is 3.68. The third-order valence-corrected chi connectivity index (χ3v) is 4.24. The van der Waals surface area contributed by atoms with Gasteiger partial charge in [-0.1, -0.05) is 30.3 Å². The van der Waals surface area contributed by atoms with Gasteiger partial charge in [0.1, 0.15) is 0 Å². The number of amides is 2. The van der Waals surface area contributed by atoms with E-state index in [1.54, 1.807) is 30.3 Å². The van der Waals surface area contributed by atoms with Gasteiger partial charge in [0.15, 0.2) is 0 Å². The van der Waals surface area contributed by atoms with Gasteiger partial charge in [0, 0.05) is 18.1 Å². The summed E-state index contributed by atoms with van der Waals surface area (Å²) < 4.78 is 4.73. The number of hydrogen-bond acceptors (Lipinski definition) is 5.